The molecule has 1 amide bonds. The second kappa shape index (κ2) is 6.43. The third-order valence-corrected chi connectivity index (χ3v) is 6.05. The molecule has 0 spiro atoms. The van der Waals surface area contributed by atoms with Crippen LogP contribution < -0.4 is 5.32 Å². The van der Waals surface area contributed by atoms with E-state index in [1.807, 2.05) is 20.0 Å². The van der Waals surface area contributed by atoms with Gasteiger partial charge in [-0.1, -0.05) is 29.8 Å². The van der Waals surface area contributed by atoms with Gasteiger partial charge in [0.1, 0.15) is 0 Å². The second-order valence-electron chi connectivity index (χ2n) is 8.48. The largest absolute Gasteiger partial charge is 0.345 e. The van der Waals surface area contributed by atoms with Crippen LogP contribution in [0.2, 0.25) is 0 Å². The van der Waals surface area contributed by atoms with Crippen LogP contribution in [0.5, 0.6) is 0 Å². The number of hydrogen-bond acceptors (Lipinski definition) is 3. The molecule has 0 bridgehead atoms. The van der Waals surface area contributed by atoms with Crippen molar-refractivity contribution < 1.29 is 4.79 Å². The Morgan fingerprint density at radius 3 is 2.50 bits per heavy atom. The molecule has 28 heavy (non-hydrogen) atoms. The highest BCUT2D eigenvalue weighted by atomic mass is 16.1. The molecule has 144 valence electrons. The number of hydrogen-bond donors (Lipinski definition) is 1. The Balaban J connectivity index is 1.53. The van der Waals surface area contributed by atoms with Crippen molar-refractivity contribution in [3.63, 3.8) is 0 Å². The highest BCUT2D eigenvalue weighted by Gasteiger charge is 2.35. The van der Waals surface area contributed by atoms with Gasteiger partial charge in [-0.2, -0.15) is 5.10 Å². The molecule has 0 saturated heterocycles. The highest BCUT2D eigenvalue weighted by molar-refractivity contribution is 6.06. The summed E-state index contributed by atoms with van der Waals surface area (Å²) in [6.45, 7) is 4.04. The number of benzene rings is 1. The summed E-state index contributed by atoms with van der Waals surface area (Å²) in [4.78, 5) is 18.2. The summed E-state index contributed by atoms with van der Waals surface area (Å²) >= 11 is 0. The molecule has 2 aliphatic carbocycles. The van der Waals surface area contributed by atoms with E-state index in [2.05, 4.69) is 41.6 Å². The van der Waals surface area contributed by atoms with E-state index in [1.54, 1.807) is 4.68 Å². The number of aromatic nitrogens is 3. The van der Waals surface area contributed by atoms with Crippen LogP contribution in [0.25, 0.3) is 11.0 Å². The van der Waals surface area contributed by atoms with Crippen LogP contribution in [-0.2, 0) is 7.05 Å². The smallest absolute Gasteiger partial charge is 0.252 e. The van der Waals surface area contributed by atoms with Gasteiger partial charge < -0.3 is 5.32 Å². The van der Waals surface area contributed by atoms with Crippen molar-refractivity contribution in [2.75, 3.05) is 0 Å². The maximum Gasteiger partial charge on any atom is 0.252 e. The molecule has 5 nitrogen and oxygen atoms in total. The molecule has 5 rings (SSSR count). The van der Waals surface area contributed by atoms with Crippen LogP contribution in [0.3, 0.4) is 0 Å². The molecule has 1 unspecified atom stereocenters. The summed E-state index contributed by atoms with van der Waals surface area (Å²) in [6.07, 6.45) is 4.66. The highest BCUT2D eigenvalue weighted by Crippen LogP contribution is 2.42. The Hall–Kier alpha value is -2.69. The van der Waals surface area contributed by atoms with E-state index in [1.165, 1.54) is 24.0 Å². The fourth-order valence-corrected chi connectivity index (χ4v) is 4.13. The molecule has 2 heterocycles. The molecule has 2 aromatic heterocycles. The van der Waals surface area contributed by atoms with Gasteiger partial charge in [0.25, 0.3) is 5.91 Å². The molecular formula is C23H26N4O. The van der Waals surface area contributed by atoms with E-state index in [0.29, 0.717) is 11.8 Å². The van der Waals surface area contributed by atoms with E-state index in [4.69, 9.17) is 4.98 Å². The van der Waals surface area contributed by atoms with E-state index >= 15 is 0 Å². The molecule has 0 aliphatic heterocycles. The number of amides is 1. The quantitative estimate of drug-likeness (QED) is 0.722. The maximum atomic E-state index is 13.4. The molecule has 5 heteroatoms. The molecule has 1 atom stereocenters. The van der Waals surface area contributed by atoms with Crippen LogP contribution in [-0.4, -0.2) is 20.7 Å². The first-order chi connectivity index (χ1) is 13.5. The zero-order valence-electron chi connectivity index (χ0n) is 16.7. The summed E-state index contributed by atoms with van der Waals surface area (Å²) in [5.74, 6) is 1.01. The lowest BCUT2D eigenvalue weighted by Gasteiger charge is -2.20. The van der Waals surface area contributed by atoms with Gasteiger partial charge >= 0.3 is 0 Å². The van der Waals surface area contributed by atoms with Gasteiger partial charge in [-0.05, 0) is 57.1 Å². The lowest BCUT2D eigenvalue weighted by Crippen LogP contribution is -2.30. The standard InChI is InChI=1S/C23H26N4O/c1-13-4-6-16(7-5-13)21(17-10-11-17)25-23(28)18-12-19(15-8-9-15)24-22-20(18)14(2)26-27(22)3/h4-7,12,15,17,21H,8-11H2,1-3H3,(H,25,28). The predicted molar refractivity (Wildman–Crippen MR) is 109 cm³/mol. The number of rotatable bonds is 5. The Labute approximate surface area is 165 Å². The average Bonchev–Trinajstić information content (AvgIpc) is 3.59. The summed E-state index contributed by atoms with van der Waals surface area (Å²) in [5.41, 5.74) is 5.84. The number of fused-ring (bicyclic) bond motifs is 1. The average molecular weight is 374 g/mol. The minimum absolute atomic E-state index is 0.0112. The normalized spacial score (nSPS) is 17.7. The first kappa shape index (κ1) is 17.4. The summed E-state index contributed by atoms with van der Waals surface area (Å²) in [6, 6.07) is 10.6. The third-order valence-electron chi connectivity index (χ3n) is 6.05. The van der Waals surface area contributed by atoms with Crippen LogP contribution in [0.1, 0.15) is 70.5 Å². The summed E-state index contributed by atoms with van der Waals surface area (Å²) in [5, 5.41) is 8.74. The molecule has 2 saturated carbocycles. The number of aryl methyl sites for hydroxylation is 3. The van der Waals surface area contributed by atoms with Crippen molar-refractivity contribution in [3.8, 4) is 0 Å². The second-order valence-corrected chi connectivity index (χ2v) is 8.48. The first-order valence-electron chi connectivity index (χ1n) is 10.2. The zero-order valence-corrected chi connectivity index (χ0v) is 16.7. The Bertz CT molecular complexity index is 1060. The Morgan fingerprint density at radius 1 is 1.14 bits per heavy atom. The lowest BCUT2D eigenvalue weighted by atomic mass is 10.00. The fraction of sp³-hybridized carbons (Fsp3) is 0.435. The van der Waals surface area contributed by atoms with Crippen molar-refractivity contribution in [1.29, 1.82) is 0 Å². The molecule has 2 aliphatic rings. The van der Waals surface area contributed by atoms with Gasteiger partial charge in [0, 0.05) is 18.7 Å². The molecule has 2 fully saturated rings. The van der Waals surface area contributed by atoms with Crippen molar-refractivity contribution in [2.24, 2.45) is 13.0 Å². The van der Waals surface area contributed by atoms with Crippen LogP contribution in [0, 0.1) is 19.8 Å². The van der Waals surface area contributed by atoms with Crippen LogP contribution in [0.15, 0.2) is 30.3 Å². The number of pyridine rings is 1. The van der Waals surface area contributed by atoms with Crippen molar-refractivity contribution in [2.45, 2.75) is 51.5 Å². The van der Waals surface area contributed by atoms with E-state index in [9.17, 15) is 4.79 Å². The molecular weight excluding hydrogens is 348 g/mol. The summed E-state index contributed by atoms with van der Waals surface area (Å²) in [7, 11) is 1.90. The van der Waals surface area contributed by atoms with Gasteiger partial charge in [-0.15, -0.1) is 0 Å². The molecule has 1 aromatic carbocycles. The van der Waals surface area contributed by atoms with E-state index in [-0.39, 0.29) is 11.9 Å². The monoisotopic (exact) mass is 374 g/mol. The Morgan fingerprint density at radius 2 is 1.86 bits per heavy atom. The topological polar surface area (TPSA) is 59.8 Å². The minimum atomic E-state index is -0.0112. The molecule has 3 aromatic rings. The van der Waals surface area contributed by atoms with Crippen molar-refractivity contribution >= 4 is 16.9 Å². The lowest BCUT2D eigenvalue weighted by molar-refractivity contribution is 0.0933. The van der Waals surface area contributed by atoms with Crippen LogP contribution >= 0.6 is 0 Å². The van der Waals surface area contributed by atoms with E-state index in [0.717, 1.165) is 40.8 Å². The predicted octanol–water partition coefficient (Wildman–Crippen LogP) is 4.34. The Kier molecular flexibility index (Phi) is 4.00. The van der Waals surface area contributed by atoms with E-state index < -0.39 is 0 Å². The van der Waals surface area contributed by atoms with Gasteiger partial charge in [-0.25, -0.2) is 4.98 Å². The van der Waals surface area contributed by atoms with Gasteiger partial charge in [0.15, 0.2) is 5.65 Å². The number of nitrogens with zero attached hydrogens (tertiary/aromatic N) is 3. The van der Waals surface area contributed by atoms with Gasteiger partial charge in [0.2, 0.25) is 0 Å². The number of nitrogens with one attached hydrogen (secondary N) is 1. The van der Waals surface area contributed by atoms with Gasteiger partial charge in [0.05, 0.1) is 22.7 Å². The number of carbonyl (C=O) groups is 1. The maximum absolute atomic E-state index is 13.4. The molecule has 1 N–H and O–H groups in total. The SMILES string of the molecule is Cc1ccc(C(NC(=O)c2cc(C3CC3)nc3c2c(C)nn3C)C2CC2)cc1. The van der Waals surface area contributed by atoms with Gasteiger partial charge in [-0.3, -0.25) is 9.48 Å². The van der Waals surface area contributed by atoms with Crippen LogP contribution in [0.4, 0.5) is 0 Å². The minimum Gasteiger partial charge on any atom is -0.345 e. The zero-order chi connectivity index (χ0) is 19.4. The fourth-order valence-electron chi connectivity index (χ4n) is 4.13. The summed E-state index contributed by atoms with van der Waals surface area (Å²) < 4.78 is 1.80. The third kappa shape index (κ3) is 3.09. The van der Waals surface area contributed by atoms with Crippen molar-refractivity contribution in [1.82, 2.24) is 20.1 Å². The molecule has 0 radical (unpaired) electrons. The first-order valence-corrected chi connectivity index (χ1v) is 10.2. The number of carbonyl (C=O) groups excluding carboxylic acids is 1. The van der Waals surface area contributed by atoms with Crippen molar-refractivity contribution in [3.05, 3.63) is 58.4 Å².